The second-order valence-electron chi connectivity index (χ2n) is 6.29. The fourth-order valence-corrected chi connectivity index (χ4v) is 4.46. The molecule has 0 aliphatic carbocycles. The molecule has 1 N–H and O–H groups in total. The minimum Gasteiger partial charge on any atom is -0.376 e. The number of hydrogen-bond donors (Lipinski definition) is 1. The van der Waals surface area contributed by atoms with E-state index < -0.39 is 0 Å². The third-order valence-corrected chi connectivity index (χ3v) is 5.94. The number of nitrogens with zero attached hydrogens (tertiary/aromatic N) is 3. The maximum absolute atomic E-state index is 12.9. The van der Waals surface area contributed by atoms with Gasteiger partial charge in [-0.15, -0.1) is 0 Å². The molecular weight excluding hydrogens is 384 g/mol. The van der Waals surface area contributed by atoms with Crippen molar-refractivity contribution in [2.45, 2.75) is 18.9 Å². The van der Waals surface area contributed by atoms with Crippen molar-refractivity contribution in [2.24, 2.45) is 0 Å². The Bertz CT molecular complexity index is 1010. The molecule has 2 fully saturated rings. The van der Waals surface area contributed by atoms with Gasteiger partial charge in [0.15, 0.2) is 0 Å². The van der Waals surface area contributed by atoms with Crippen LogP contribution < -0.4 is 10.9 Å². The van der Waals surface area contributed by atoms with Gasteiger partial charge in [-0.1, -0.05) is 30.0 Å². The van der Waals surface area contributed by atoms with Crippen molar-refractivity contribution >= 4 is 51.7 Å². The zero-order valence-corrected chi connectivity index (χ0v) is 16.3. The van der Waals surface area contributed by atoms with Crippen LogP contribution in [-0.4, -0.2) is 50.8 Å². The number of carbonyl (C=O) groups excluding carboxylic acids is 1. The van der Waals surface area contributed by atoms with E-state index in [9.17, 15) is 9.59 Å². The molecule has 2 aromatic rings. The lowest BCUT2D eigenvalue weighted by atomic mass is 10.2. The van der Waals surface area contributed by atoms with Crippen LogP contribution in [-0.2, 0) is 9.53 Å². The number of aromatic nitrogens is 2. The number of hydrogen-bond acceptors (Lipinski definition) is 7. The molecule has 27 heavy (non-hydrogen) atoms. The number of fused-ring (bicyclic) bond motifs is 1. The number of thiocarbonyl (C=S) groups is 1. The predicted molar refractivity (Wildman–Crippen MR) is 110 cm³/mol. The quantitative estimate of drug-likeness (QED) is 0.620. The minimum atomic E-state index is -0.241. The van der Waals surface area contributed by atoms with Gasteiger partial charge in [0, 0.05) is 19.9 Å². The Morgan fingerprint density at radius 2 is 2.30 bits per heavy atom. The highest BCUT2D eigenvalue weighted by Crippen LogP contribution is 2.33. The SMILES string of the molecule is CNc1nc2ccccn2c(=O)c1/C=C1/SC(=S)N(C[C@@H]2CCCO2)C1=O. The summed E-state index contributed by atoms with van der Waals surface area (Å²) in [5.74, 6) is 0.232. The fraction of sp³-hybridized carbons (Fsp3) is 0.333. The number of ether oxygens (including phenoxy) is 1. The van der Waals surface area contributed by atoms with Crippen LogP contribution in [0.4, 0.5) is 5.82 Å². The third-order valence-electron chi connectivity index (χ3n) is 4.57. The van der Waals surface area contributed by atoms with Gasteiger partial charge in [-0.2, -0.15) is 0 Å². The van der Waals surface area contributed by atoms with E-state index in [1.54, 1.807) is 36.4 Å². The molecule has 0 aromatic carbocycles. The smallest absolute Gasteiger partial charge is 0.267 e. The van der Waals surface area contributed by atoms with Gasteiger partial charge in [-0.3, -0.25) is 18.9 Å². The molecular formula is C18H18N4O3S2. The molecule has 0 bridgehead atoms. The Labute approximate surface area is 165 Å². The summed E-state index contributed by atoms with van der Waals surface area (Å²) in [6.45, 7) is 1.18. The van der Waals surface area contributed by atoms with E-state index >= 15 is 0 Å². The van der Waals surface area contributed by atoms with Crippen LogP contribution in [0.5, 0.6) is 0 Å². The van der Waals surface area contributed by atoms with E-state index in [-0.39, 0.29) is 17.6 Å². The number of nitrogens with one attached hydrogen (secondary N) is 1. The summed E-state index contributed by atoms with van der Waals surface area (Å²) in [6.07, 6.45) is 5.18. The first-order valence-corrected chi connectivity index (χ1v) is 9.87. The van der Waals surface area contributed by atoms with E-state index in [2.05, 4.69) is 10.3 Å². The molecule has 2 aliphatic heterocycles. The van der Waals surface area contributed by atoms with Crippen LogP contribution in [0.1, 0.15) is 18.4 Å². The molecule has 0 spiro atoms. The normalized spacial score (nSPS) is 21.6. The second-order valence-corrected chi connectivity index (χ2v) is 7.96. The van der Waals surface area contributed by atoms with Crippen LogP contribution in [0.15, 0.2) is 34.1 Å². The summed E-state index contributed by atoms with van der Waals surface area (Å²) >= 11 is 6.58. The van der Waals surface area contributed by atoms with Gasteiger partial charge in [0.2, 0.25) is 0 Å². The second kappa shape index (κ2) is 7.41. The van der Waals surface area contributed by atoms with Crippen LogP contribution in [0.2, 0.25) is 0 Å². The first kappa shape index (κ1) is 18.1. The number of amides is 1. The first-order valence-electron chi connectivity index (χ1n) is 8.64. The minimum absolute atomic E-state index is 0.0210. The molecule has 2 aliphatic rings. The summed E-state index contributed by atoms with van der Waals surface area (Å²) in [5.41, 5.74) is 0.628. The molecule has 9 heteroatoms. The summed E-state index contributed by atoms with van der Waals surface area (Å²) < 4.78 is 7.56. The van der Waals surface area contributed by atoms with E-state index in [0.29, 0.717) is 32.8 Å². The van der Waals surface area contributed by atoms with Crippen molar-refractivity contribution in [3.05, 3.63) is 45.2 Å². The Kier molecular flexibility index (Phi) is 4.98. The molecule has 0 saturated carbocycles. The Hall–Kier alpha value is -2.23. The fourth-order valence-electron chi connectivity index (χ4n) is 3.20. The summed E-state index contributed by atoms with van der Waals surface area (Å²) in [4.78, 5) is 32.2. The van der Waals surface area contributed by atoms with E-state index in [1.807, 2.05) is 6.07 Å². The lowest BCUT2D eigenvalue weighted by Gasteiger charge is -2.18. The zero-order valence-electron chi connectivity index (χ0n) is 14.7. The largest absolute Gasteiger partial charge is 0.376 e. The van der Waals surface area contributed by atoms with Gasteiger partial charge in [-0.25, -0.2) is 4.98 Å². The first-order chi connectivity index (χ1) is 13.1. The molecule has 1 atom stereocenters. The van der Waals surface area contributed by atoms with E-state index in [1.165, 1.54) is 16.2 Å². The van der Waals surface area contributed by atoms with Crippen LogP contribution in [0, 0.1) is 0 Å². The highest BCUT2D eigenvalue weighted by molar-refractivity contribution is 8.26. The number of anilines is 1. The third kappa shape index (κ3) is 3.38. The van der Waals surface area contributed by atoms with Crippen molar-refractivity contribution < 1.29 is 9.53 Å². The maximum atomic E-state index is 12.9. The molecule has 140 valence electrons. The Morgan fingerprint density at radius 1 is 1.44 bits per heavy atom. The summed E-state index contributed by atoms with van der Waals surface area (Å²) in [7, 11) is 1.70. The van der Waals surface area contributed by atoms with Crippen molar-refractivity contribution in [3.63, 3.8) is 0 Å². The monoisotopic (exact) mass is 402 g/mol. The Morgan fingerprint density at radius 3 is 3.04 bits per heavy atom. The molecule has 4 rings (SSSR count). The molecule has 4 heterocycles. The zero-order chi connectivity index (χ0) is 19.0. The van der Waals surface area contributed by atoms with E-state index in [0.717, 1.165) is 19.4 Å². The molecule has 7 nitrogen and oxygen atoms in total. The van der Waals surface area contributed by atoms with Crippen molar-refractivity contribution in [1.82, 2.24) is 14.3 Å². The van der Waals surface area contributed by atoms with Crippen molar-refractivity contribution in [2.75, 3.05) is 25.5 Å². The standard InChI is InChI=1S/C18H18N4O3S2/c1-19-15-12(16(23)21-7-3-2-6-14(21)20-15)9-13-17(24)22(18(26)27-13)10-11-5-4-8-25-11/h2-3,6-7,9,11,19H,4-5,8,10H2,1H3/b13-9+/t11-/m0/s1. The Balaban J connectivity index is 1.71. The highest BCUT2D eigenvalue weighted by Gasteiger charge is 2.35. The number of carbonyl (C=O) groups is 1. The van der Waals surface area contributed by atoms with Gasteiger partial charge < -0.3 is 10.1 Å². The van der Waals surface area contributed by atoms with Crippen LogP contribution >= 0.6 is 24.0 Å². The van der Waals surface area contributed by atoms with Gasteiger partial charge in [0.1, 0.15) is 15.8 Å². The molecule has 2 saturated heterocycles. The van der Waals surface area contributed by atoms with Crippen molar-refractivity contribution in [3.8, 4) is 0 Å². The molecule has 2 aromatic heterocycles. The summed E-state index contributed by atoms with van der Waals surface area (Å²) in [5, 5.41) is 2.94. The molecule has 0 radical (unpaired) electrons. The average molecular weight is 403 g/mol. The van der Waals surface area contributed by atoms with Gasteiger partial charge >= 0.3 is 0 Å². The number of thioether (sulfide) groups is 1. The van der Waals surface area contributed by atoms with Gasteiger partial charge in [-0.05, 0) is 31.1 Å². The lowest BCUT2D eigenvalue weighted by molar-refractivity contribution is -0.123. The number of pyridine rings is 1. The van der Waals surface area contributed by atoms with Crippen molar-refractivity contribution in [1.29, 1.82) is 0 Å². The topological polar surface area (TPSA) is 75.9 Å². The lowest BCUT2D eigenvalue weighted by Crippen LogP contribution is -2.35. The summed E-state index contributed by atoms with van der Waals surface area (Å²) in [6, 6.07) is 5.34. The molecule has 0 unspecified atom stereocenters. The highest BCUT2D eigenvalue weighted by atomic mass is 32.2. The molecule has 1 amide bonds. The maximum Gasteiger partial charge on any atom is 0.267 e. The number of rotatable bonds is 4. The average Bonchev–Trinajstić information content (AvgIpc) is 3.28. The van der Waals surface area contributed by atoms with E-state index in [4.69, 9.17) is 17.0 Å². The van der Waals surface area contributed by atoms with Gasteiger partial charge in [0.25, 0.3) is 11.5 Å². The van der Waals surface area contributed by atoms with Crippen LogP contribution in [0.3, 0.4) is 0 Å². The predicted octanol–water partition coefficient (Wildman–Crippen LogP) is 2.12. The van der Waals surface area contributed by atoms with Gasteiger partial charge in [0.05, 0.1) is 23.1 Å². The van der Waals surface area contributed by atoms with Crippen LogP contribution in [0.25, 0.3) is 11.7 Å².